The van der Waals surface area contributed by atoms with Gasteiger partial charge in [-0.05, 0) is 58.8 Å². The number of nitrogens with zero attached hydrogens (tertiary/aromatic N) is 1. The molecule has 0 radical (unpaired) electrons. The number of hydrazone groups is 1. The summed E-state index contributed by atoms with van der Waals surface area (Å²) in [5, 5.41) is 6.63. The molecular weight excluding hydrogens is 416 g/mol. The number of hydrogen-bond donors (Lipinski definition) is 1. The van der Waals surface area contributed by atoms with Crippen LogP contribution in [0, 0.1) is 0 Å². The van der Waals surface area contributed by atoms with Gasteiger partial charge >= 0.3 is 11.9 Å². The smallest absolute Gasteiger partial charge is 0.344 e. The highest BCUT2D eigenvalue weighted by atomic mass is 16.5. The first-order valence-corrected chi connectivity index (χ1v) is 10.3. The number of ether oxygens (including phenoxy) is 1. The lowest BCUT2D eigenvalue weighted by atomic mass is 10.0. The van der Waals surface area contributed by atoms with E-state index >= 15 is 0 Å². The van der Waals surface area contributed by atoms with Crippen molar-refractivity contribution in [3.8, 4) is 5.75 Å². The van der Waals surface area contributed by atoms with Gasteiger partial charge in [0.25, 0.3) is 0 Å². The van der Waals surface area contributed by atoms with Crippen LogP contribution in [0.3, 0.4) is 0 Å². The van der Waals surface area contributed by atoms with E-state index in [1.165, 1.54) is 6.21 Å². The van der Waals surface area contributed by atoms with E-state index in [0.717, 1.165) is 21.7 Å². The Kier molecular flexibility index (Phi) is 5.39. The minimum atomic E-state index is -0.442. The number of nitrogens with one attached hydrogen (secondary N) is 1. The molecule has 5 rings (SSSR count). The Balaban J connectivity index is 1.22. The second-order valence-electron chi connectivity index (χ2n) is 7.33. The van der Waals surface area contributed by atoms with Crippen molar-refractivity contribution >= 4 is 39.8 Å². The fraction of sp³-hybridized carbons (Fsp3) is 0. The van der Waals surface area contributed by atoms with Gasteiger partial charge in [0.2, 0.25) is 0 Å². The van der Waals surface area contributed by atoms with Crippen LogP contribution in [0.5, 0.6) is 5.75 Å². The van der Waals surface area contributed by atoms with E-state index in [2.05, 4.69) is 10.5 Å². The van der Waals surface area contributed by atoms with Crippen molar-refractivity contribution < 1.29 is 18.7 Å². The molecule has 5 aromatic rings. The Morgan fingerprint density at radius 3 is 2.36 bits per heavy atom. The maximum atomic E-state index is 12.7. The molecule has 1 aromatic heterocycles. The maximum Gasteiger partial charge on any atom is 0.344 e. The summed E-state index contributed by atoms with van der Waals surface area (Å²) >= 11 is 0. The van der Waals surface area contributed by atoms with Gasteiger partial charge in [0.15, 0.2) is 5.76 Å². The van der Waals surface area contributed by atoms with Crippen LogP contribution in [0.1, 0.15) is 26.5 Å². The third-order valence-corrected chi connectivity index (χ3v) is 5.13. The fourth-order valence-corrected chi connectivity index (χ4v) is 3.50. The minimum absolute atomic E-state index is 0.184. The average Bonchev–Trinajstić information content (AvgIpc) is 3.29. The molecule has 1 amide bonds. The van der Waals surface area contributed by atoms with E-state index in [1.807, 2.05) is 54.6 Å². The highest BCUT2D eigenvalue weighted by Crippen LogP contribution is 2.21. The number of hydrogen-bond acceptors (Lipinski definition) is 5. The van der Waals surface area contributed by atoms with Crippen LogP contribution in [0.2, 0.25) is 0 Å². The molecular formula is C27H18N2O4. The summed E-state index contributed by atoms with van der Waals surface area (Å²) in [5.41, 5.74) is 4.32. The molecule has 6 nitrogen and oxygen atoms in total. The van der Waals surface area contributed by atoms with Gasteiger partial charge in [0, 0.05) is 5.39 Å². The number of fused-ring (bicyclic) bond motifs is 2. The van der Waals surface area contributed by atoms with Gasteiger partial charge in [-0.2, -0.15) is 5.10 Å². The summed E-state index contributed by atoms with van der Waals surface area (Å²) in [7, 11) is 0. The number of carbonyl (C=O) groups excluding carboxylic acids is 2. The number of para-hydroxylation sites is 1. The lowest BCUT2D eigenvalue weighted by Crippen LogP contribution is -2.16. The molecule has 1 N–H and O–H groups in total. The maximum absolute atomic E-state index is 12.7. The summed E-state index contributed by atoms with van der Waals surface area (Å²) in [4.78, 5) is 24.9. The number of amides is 1. The molecule has 0 spiro atoms. The quantitative estimate of drug-likeness (QED) is 0.170. The lowest BCUT2D eigenvalue weighted by Gasteiger charge is -2.07. The minimum Gasteiger partial charge on any atom is -0.451 e. The molecule has 0 saturated heterocycles. The average molecular weight is 434 g/mol. The van der Waals surface area contributed by atoms with Gasteiger partial charge in [-0.3, -0.25) is 4.79 Å². The van der Waals surface area contributed by atoms with Crippen LogP contribution in [-0.4, -0.2) is 18.1 Å². The van der Waals surface area contributed by atoms with Gasteiger partial charge in [0.1, 0.15) is 11.3 Å². The Hall–Kier alpha value is -4.71. The largest absolute Gasteiger partial charge is 0.451 e. The zero-order valence-corrected chi connectivity index (χ0v) is 17.4. The van der Waals surface area contributed by atoms with E-state index in [4.69, 9.17) is 9.15 Å². The zero-order valence-electron chi connectivity index (χ0n) is 17.4. The third kappa shape index (κ3) is 4.36. The van der Waals surface area contributed by atoms with Gasteiger partial charge in [-0.1, -0.05) is 54.6 Å². The van der Waals surface area contributed by atoms with Gasteiger partial charge in [-0.25, -0.2) is 10.2 Å². The van der Waals surface area contributed by atoms with Gasteiger partial charge in [0.05, 0.1) is 11.8 Å². The SMILES string of the molecule is O=C(NN=Cc1ccc(OC(=O)c2cccc3ccccc23)cc1)c1cc2ccccc2o1. The van der Waals surface area contributed by atoms with Crippen LogP contribution in [-0.2, 0) is 0 Å². The fourth-order valence-electron chi connectivity index (χ4n) is 3.50. The van der Waals surface area contributed by atoms with Crippen molar-refractivity contribution in [1.29, 1.82) is 0 Å². The first-order chi connectivity index (χ1) is 16.2. The summed E-state index contributed by atoms with van der Waals surface area (Å²) in [6, 6.07) is 29.1. The van der Waals surface area contributed by atoms with Crippen molar-refractivity contribution in [2.45, 2.75) is 0 Å². The molecule has 0 unspecified atom stereocenters. The molecule has 6 heteroatoms. The normalized spacial score (nSPS) is 11.2. The number of benzene rings is 4. The Labute approximate surface area is 189 Å². The first-order valence-electron chi connectivity index (χ1n) is 10.3. The standard InChI is InChI=1S/C27H18N2O4/c30-26(25-16-20-7-2-4-11-24(20)33-25)29-28-17-18-12-14-21(15-13-18)32-27(31)23-10-5-8-19-6-1-3-9-22(19)23/h1-17H,(H,29,30). The number of rotatable bonds is 5. The molecule has 0 saturated carbocycles. The molecule has 1 heterocycles. The van der Waals surface area contributed by atoms with Crippen LogP contribution >= 0.6 is 0 Å². The molecule has 0 fully saturated rings. The highest BCUT2D eigenvalue weighted by molar-refractivity contribution is 6.05. The van der Waals surface area contributed by atoms with Gasteiger partial charge < -0.3 is 9.15 Å². The summed E-state index contributed by atoms with van der Waals surface area (Å²) in [6.45, 7) is 0. The first kappa shape index (κ1) is 20.2. The van der Waals surface area contributed by atoms with Crippen molar-refractivity contribution in [3.63, 3.8) is 0 Å². The second-order valence-corrected chi connectivity index (χ2v) is 7.33. The molecule has 0 aliphatic carbocycles. The molecule has 0 aliphatic heterocycles. The molecule has 0 aliphatic rings. The monoisotopic (exact) mass is 434 g/mol. The van der Waals surface area contributed by atoms with E-state index in [9.17, 15) is 9.59 Å². The summed E-state index contributed by atoms with van der Waals surface area (Å²) in [6.07, 6.45) is 1.50. The molecule has 0 atom stereocenters. The molecule has 160 valence electrons. The molecule has 33 heavy (non-hydrogen) atoms. The van der Waals surface area contributed by atoms with Gasteiger partial charge in [-0.15, -0.1) is 0 Å². The van der Waals surface area contributed by atoms with Crippen molar-refractivity contribution in [2.24, 2.45) is 5.10 Å². The van der Waals surface area contributed by atoms with Crippen molar-refractivity contribution in [2.75, 3.05) is 0 Å². The van der Waals surface area contributed by atoms with E-state index in [0.29, 0.717) is 16.9 Å². The topological polar surface area (TPSA) is 80.9 Å². The predicted octanol–water partition coefficient (Wildman–Crippen LogP) is 5.57. The van der Waals surface area contributed by atoms with Crippen LogP contribution in [0.25, 0.3) is 21.7 Å². The van der Waals surface area contributed by atoms with E-state index in [-0.39, 0.29) is 5.76 Å². The zero-order chi connectivity index (χ0) is 22.6. The van der Waals surface area contributed by atoms with Crippen LogP contribution in [0.4, 0.5) is 0 Å². The highest BCUT2D eigenvalue weighted by Gasteiger charge is 2.13. The Morgan fingerprint density at radius 2 is 1.55 bits per heavy atom. The van der Waals surface area contributed by atoms with Crippen molar-refractivity contribution in [1.82, 2.24) is 5.43 Å². The molecule has 4 aromatic carbocycles. The van der Waals surface area contributed by atoms with Crippen LogP contribution in [0.15, 0.2) is 107 Å². The van der Waals surface area contributed by atoms with Crippen molar-refractivity contribution in [3.05, 3.63) is 114 Å². The summed E-state index contributed by atoms with van der Waals surface area (Å²) < 4.78 is 11.0. The summed E-state index contributed by atoms with van der Waals surface area (Å²) in [5.74, 6) is -0.269. The molecule has 0 bridgehead atoms. The number of furan rings is 1. The predicted molar refractivity (Wildman–Crippen MR) is 127 cm³/mol. The van der Waals surface area contributed by atoms with E-state index < -0.39 is 11.9 Å². The second kappa shape index (κ2) is 8.80. The number of carbonyl (C=O) groups is 2. The third-order valence-electron chi connectivity index (χ3n) is 5.13. The lowest BCUT2D eigenvalue weighted by molar-refractivity contribution is 0.0736. The Bertz CT molecular complexity index is 1460. The Morgan fingerprint density at radius 1 is 0.818 bits per heavy atom. The van der Waals surface area contributed by atoms with Crippen LogP contribution < -0.4 is 10.2 Å². The number of esters is 1. The van der Waals surface area contributed by atoms with E-state index in [1.54, 1.807) is 42.5 Å².